The molecule has 5 heterocycles. The number of aliphatic hydroxyl groups excluding tert-OH is 2. The highest BCUT2D eigenvalue weighted by molar-refractivity contribution is 8.00. The number of aryl methyl sites for hydroxylation is 4. The number of likely N-dealkylation sites (N-methyl/N-ethyl adjacent to an activating group) is 2. The third-order valence-electron chi connectivity index (χ3n) is 24.1. The number of piperazine rings is 2. The number of anilines is 3. The van der Waals surface area contributed by atoms with Crippen LogP contribution in [0.4, 0.5) is 22.0 Å². The molecule has 0 bridgehead atoms. The Bertz CT molecular complexity index is 4730. The average Bonchev–Trinajstić information content (AvgIpc) is 1.63. The molecule has 1 unspecified atom stereocenters. The number of unbranched alkanes of at least 4 members (excludes halogenated alkanes) is 1. The van der Waals surface area contributed by atoms with Crippen LogP contribution in [0, 0.1) is 27.7 Å². The van der Waals surface area contributed by atoms with E-state index >= 15 is 0 Å². The average molecular weight is 1810 g/mol. The van der Waals surface area contributed by atoms with Gasteiger partial charge in [0.25, 0.3) is 0 Å². The fourth-order valence-electron chi connectivity index (χ4n) is 16.7. The number of ether oxygens (including phenoxy) is 4. The molecule has 33 heteroatoms. The van der Waals surface area contributed by atoms with Crippen LogP contribution in [0.5, 0.6) is 23.0 Å². The molecule has 6 aromatic carbocycles. The molecule has 0 radical (unpaired) electrons. The number of aliphatic hydroxyl groups is 2. The predicted octanol–water partition coefficient (Wildman–Crippen LogP) is 7.76. The van der Waals surface area contributed by atoms with Crippen molar-refractivity contribution in [2.45, 2.75) is 142 Å². The Morgan fingerprint density at radius 1 is 0.492 bits per heavy atom. The minimum atomic E-state index is -0.593. The first-order chi connectivity index (χ1) is 62.9. The molecule has 11 rings (SSSR count). The third-order valence-corrected chi connectivity index (χ3v) is 25.6. The summed E-state index contributed by atoms with van der Waals surface area (Å²) in [6.07, 6.45) is 3.33. The number of carbonyl (C=O) groups is 9. The Morgan fingerprint density at radius 3 is 1.58 bits per heavy atom. The van der Waals surface area contributed by atoms with Crippen LogP contribution in [-0.4, -0.2) is 292 Å². The van der Waals surface area contributed by atoms with E-state index in [2.05, 4.69) is 148 Å². The monoisotopic (exact) mass is 1810 g/mol. The lowest BCUT2D eigenvalue weighted by Gasteiger charge is -2.36. The maximum atomic E-state index is 14.4. The van der Waals surface area contributed by atoms with Crippen LogP contribution >= 0.6 is 11.8 Å². The van der Waals surface area contributed by atoms with Crippen molar-refractivity contribution in [3.8, 4) is 45.6 Å². The van der Waals surface area contributed by atoms with Gasteiger partial charge in [0.1, 0.15) is 28.8 Å². The molecule has 4 aliphatic rings. The zero-order valence-electron chi connectivity index (χ0n) is 76.6. The SMILES string of the molecule is COc1ccc(-c2cc(NC(=O)CCC(=O)N(CCCNC(=O)CCCCC3SC[C@@H]4NC(=O)N[C@H]34)CC(=O)NCCN(CCNC(=O)CN(C)C(=O)CCCOc3ccc(CN4CCN(c5ccccc5C)CC4)cc3C)CCNC(=O)CN(C)C(=O)CCCOc3ccc(CN4CCN(c5ccccc5C)CC4)cc3C)nc(-c3ccc(CO)cc3OC)n2)c(CO)c1. The first-order valence-corrected chi connectivity index (χ1v) is 46.4. The van der Waals surface area contributed by atoms with Gasteiger partial charge >= 0.3 is 6.03 Å². The van der Waals surface area contributed by atoms with Gasteiger partial charge in [-0.2, -0.15) is 11.8 Å². The van der Waals surface area contributed by atoms with Crippen molar-refractivity contribution in [2.75, 3.05) is 187 Å². The number of hydrogen-bond acceptors (Lipinski definition) is 23. The summed E-state index contributed by atoms with van der Waals surface area (Å²) in [7, 11) is 6.12. The van der Waals surface area contributed by atoms with Crippen LogP contribution in [-0.2, 0) is 64.7 Å². The maximum Gasteiger partial charge on any atom is 0.315 e. The highest BCUT2D eigenvalue weighted by atomic mass is 32.2. The van der Waals surface area contributed by atoms with Crippen LogP contribution in [0.1, 0.15) is 115 Å². The lowest BCUT2D eigenvalue weighted by molar-refractivity contribution is -0.137. The number of rotatable bonds is 50. The Morgan fingerprint density at radius 2 is 1.04 bits per heavy atom. The highest BCUT2D eigenvalue weighted by Gasteiger charge is 2.43. The number of carbonyl (C=O) groups excluding carboxylic acids is 9. The van der Waals surface area contributed by atoms with E-state index < -0.39 is 36.1 Å². The number of methoxy groups -OCH3 is 2. The number of thioether (sulfide) groups is 1. The number of hydrogen-bond donors (Lipinski definition) is 9. The number of fused-ring (bicyclic) bond motifs is 1. The van der Waals surface area contributed by atoms with E-state index in [-0.39, 0.29) is 170 Å². The predicted molar refractivity (Wildman–Crippen MR) is 504 cm³/mol. The van der Waals surface area contributed by atoms with Gasteiger partial charge in [0, 0.05) is 198 Å². The third kappa shape index (κ3) is 30.2. The number of nitrogens with one attached hydrogen (secondary N) is 7. The summed E-state index contributed by atoms with van der Waals surface area (Å²) in [5.74, 6) is 0.335. The van der Waals surface area contributed by atoms with E-state index in [4.69, 9.17) is 23.9 Å². The van der Waals surface area contributed by atoms with E-state index in [9.17, 15) is 53.4 Å². The summed E-state index contributed by atoms with van der Waals surface area (Å²) in [5.41, 5.74) is 11.9. The molecule has 4 fully saturated rings. The fourth-order valence-corrected chi connectivity index (χ4v) is 18.3. The first kappa shape index (κ1) is 99.0. The number of para-hydroxylation sites is 2. The van der Waals surface area contributed by atoms with Crippen molar-refractivity contribution in [2.24, 2.45) is 0 Å². The Labute approximate surface area is 768 Å². The fraction of sp³-hybridized carbons (Fsp3) is 0.495. The number of urea groups is 1. The van der Waals surface area contributed by atoms with Crippen molar-refractivity contribution in [3.05, 3.63) is 172 Å². The summed E-state index contributed by atoms with van der Waals surface area (Å²) in [6, 6.07) is 41.2. The molecule has 1 aromatic heterocycles. The molecule has 4 aliphatic heterocycles. The Kier molecular flexibility index (Phi) is 38.5. The van der Waals surface area contributed by atoms with Gasteiger partial charge in [-0.1, -0.05) is 73.2 Å². The van der Waals surface area contributed by atoms with Crippen molar-refractivity contribution in [3.63, 3.8) is 0 Å². The van der Waals surface area contributed by atoms with E-state index in [0.717, 1.165) is 107 Å². The topological polar surface area (TPSA) is 367 Å². The number of aromatic nitrogens is 2. The highest BCUT2D eigenvalue weighted by Crippen LogP contribution is 2.36. The van der Waals surface area contributed by atoms with Crippen LogP contribution in [0.2, 0.25) is 0 Å². The number of amides is 10. The molecule has 700 valence electrons. The lowest BCUT2D eigenvalue weighted by Crippen LogP contribution is -2.47. The van der Waals surface area contributed by atoms with Gasteiger partial charge < -0.3 is 90.9 Å². The second-order valence-electron chi connectivity index (χ2n) is 33.9. The molecular weight excluding hydrogens is 1680 g/mol. The van der Waals surface area contributed by atoms with E-state index in [1.54, 1.807) is 50.5 Å². The molecule has 3 atom stereocenters. The van der Waals surface area contributed by atoms with Gasteiger partial charge in [0.05, 0.1) is 83.6 Å². The quantitative estimate of drug-likeness (QED) is 0.0130. The largest absolute Gasteiger partial charge is 0.497 e. The molecule has 0 aliphatic carbocycles. The molecule has 7 aromatic rings. The summed E-state index contributed by atoms with van der Waals surface area (Å²) in [4.78, 5) is 147. The van der Waals surface area contributed by atoms with Crippen molar-refractivity contribution in [1.82, 2.24) is 71.3 Å². The van der Waals surface area contributed by atoms with Gasteiger partial charge in [-0.3, -0.25) is 53.1 Å². The molecule has 9 N–H and O–H groups in total. The summed E-state index contributed by atoms with van der Waals surface area (Å²) in [5, 5.41) is 41.2. The smallest absolute Gasteiger partial charge is 0.315 e. The lowest BCUT2D eigenvalue weighted by atomic mass is 10.0. The van der Waals surface area contributed by atoms with Gasteiger partial charge in [-0.15, -0.1) is 0 Å². The number of nitrogens with zero attached hydrogens (tertiary/aromatic N) is 10. The Balaban J connectivity index is 0.673. The molecule has 0 saturated carbocycles. The van der Waals surface area contributed by atoms with Gasteiger partial charge in [0.2, 0.25) is 47.3 Å². The zero-order chi connectivity index (χ0) is 92.4. The standard InChI is InChI=1S/C97H131N17O15S/c1-67-18-9-11-20-80(67)112-48-44-110(45-49-112)59-71-27-32-82(69(3)54-71)128-52-15-24-92(122)107(5)61-89(119)99-37-41-109(42-38-100-90(120)62-108(6)93(123)25-16-53-129-83-33-28-72(55-70(83)4)60-111-46-50-113(51-47-111)81-21-12-10-19-68(81)2)43-39-101-91(121)63-114(40-17-36-98-87(117)23-14-13-22-85-95-79(66-130-85)103-97(125)106-95)94(124)35-34-88(118)104-86-58-78(76-31-29-75(126-7)57-74(76)65-116)102-96(105-86)77-30-26-73(64-115)56-84(77)127-8/h9-12,18-21,26-33,54-58,79,85,95,115-116H,13-17,22-25,34-53,59-66H2,1-8H3,(H,98,117)(H,99,119)(H,100,120)(H,101,121)(H2,103,106,125)(H,102,104,105,118)/t79-,85?,95-/m0/s1. The van der Waals surface area contributed by atoms with Crippen LogP contribution in [0.25, 0.3) is 22.6 Å². The number of benzene rings is 6. The van der Waals surface area contributed by atoms with Crippen LogP contribution < -0.4 is 66.0 Å². The summed E-state index contributed by atoms with van der Waals surface area (Å²) < 4.78 is 23.4. The van der Waals surface area contributed by atoms with E-state index in [0.29, 0.717) is 71.9 Å². The first-order valence-electron chi connectivity index (χ1n) is 45.4. The zero-order valence-corrected chi connectivity index (χ0v) is 77.4. The van der Waals surface area contributed by atoms with Crippen LogP contribution in [0.3, 0.4) is 0 Å². The molecular formula is C97H131N17O15S. The van der Waals surface area contributed by atoms with Crippen LogP contribution in [0.15, 0.2) is 127 Å². The van der Waals surface area contributed by atoms with E-state index in [1.807, 2.05) is 42.6 Å². The van der Waals surface area contributed by atoms with Crippen molar-refractivity contribution >= 4 is 82.2 Å². The maximum absolute atomic E-state index is 14.4. The summed E-state index contributed by atoms with van der Waals surface area (Å²) in [6.45, 7) is 18.2. The molecule has 0 spiro atoms. The van der Waals surface area contributed by atoms with E-state index in [1.165, 1.54) is 68.6 Å². The van der Waals surface area contributed by atoms with Gasteiger partial charge in [0.15, 0.2) is 5.82 Å². The normalized spacial score (nSPS) is 15.5. The summed E-state index contributed by atoms with van der Waals surface area (Å²) >= 11 is 1.82. The van der Waals surface area contributed by atoms with Crippen molar-refractivity contribution in [1.29, 1.82) is 0 Å². The Hall–Kier alpha value is -11.6. The second kappa shape index (κ2) is 50.5. The van der Waals surface area contributed by atoms with Crippen molar-refractivity contribution < 1.29 is 72.3 Å². The molecule has 10 amide bonds. The van der Waals surface area contributed by atoms with Gasteiger partial charge in [-0.05, 0) is 159 Å². The second-order valence-corrected chi connectivity index (χ2v) is 35.1. The van der Waals surface area contributed by atoms with Gasteiger partial charge in [-0.25, -0.2) is 14.8 Å². The minimum absolute atomic E-state index is 0.0319. The molecule has 130 heavy (non-hydrogen) atoms. The molecule has 4 saturated heterocycles. The molecule has 32 nitrogen and oxygen atoms in total. The minimum Gasteiger partial charge on any atom is -0.497 e.